The summed E-state index contributed by atoms with van der Waals surface area (Å²) in [4.78, 5) is 22.4. The zero-order valence-electron chi connectivity index (χ0n) is 13.3. The zero-order valence-corrected chi connectivity index (χ0v) is 13.3. The number of nitrogens with one attached hydrogen (secondary N) is 1. The van der Waals surface area contributed by atoms with Crippen molar-refractivity contribution in [1.29, 1.82) is 0 Å². The molecule has 1 amide bonds. The van der Waals surface area contributed by atoms with E-state index in [0.717, 1.165) is 0 Å². The normalized spacial score (nSPS) is 13.1. The fourth-order valence-corrected chi connectivity index (χ4v) is 2.28. The first-order chi connectivity index (χ1) is 11.4. The van der Waals surface area contributed by atoms with Gasteiger partial charge in [0.2, 0.25) is 0 Å². The number of ether oxygens (including phenoxy) is 1. The molecule has 0 fully saturated rings. The molecule has 0 heterocycles. The lowest BCUT2D eigenvalue weighted by Crippen LogP contribution is -2.40. The van der Waals surface area contributed by atoms with Crippen LogP contribution in [0.5, 0.6) is 0 Å². The number of rotatable bonds is 6. The molecule has 0 saturated carbocycles. The molecule has 1 atom stereocenters. The summed E-state index contributed by atoms with van der Waals surface area (Å²) in [5.41, 5.74) is -0.781. The molecule has 24 heavy (non-hydrogen) atoms. The maximum atomic E-state index is 14.0. The van der Waals surface area contributed by atoms with Gasteiger partial charge in [-0.25, -0.2) is 4.39 Å². The summed E-state index contributed by atoms with van der Waals surface area (Å²) in [7, 11) is 1.42. The Hall–Kier alpha value is -2.80. The van der Waals surface area contributed by atoms with E-state index in [0.29, 0.717) is 5.56 Å². The van der Waals surface area contributed by atoms with E-state index in [-0.39, 0.29) is 17.8 Å². The lowest BCUT2D eigenvalue weighted by atomic mass is 9.95. The van der Waals surface area contributed by atoms with Crippen LogP contribution < -0.4 is 5.32 Å². The van der Waals surface area contributed by atoms with Crippen molar-refractivity contribution < 1.29 is 18.8 Å². The van der Waals surface area contributed by atoms with Crippen molar-refractivity contribution >= 4 is 11.6 Å². The average Bonchev–Trinajstić information content (AvgIpc) is 2.59. The Morgan fingerprint density at radius 1 is 1.29 bits per heavy atom. The largest absolute Gasteiger partial charge is 0.372 e. The van der Waals surface area contributed by atoms with E-state index < -0.39 is 22.2 Å². The number of hydrogen-bond donors (Lipinski definition) is 1. The molecule has 0 radical (unpaired) electrons. The van der Waals surface area contributed by atoms with Crippen LogP contribution in [0.2, 0.25) is 0 Å². The predicted molar refractivity (Wildman–Crippen MR) is 86.2 cm³/mol. The molecule has 0 bridgehead atoms. The number of non-ortho nitro benzene ring substituents is 1. The Balaban J connectivity index is 2.16. The molecule has 6 nitrogen and oxygen atoms in total. The monoisotopic (exact) mass is 332 g/mol. The maximum Gasteiger partial charge on any atom is 0.270 e. The van der Waals surface area contributed by atoms with Crippen LogP contribution in [0.1, 0.15) is 22.8 Å². The quantitative estimate of drug-likeness (QED) is 0.651. The number of hydrogen-bond acceptors (Lipinski definition) is 4. The topological polar surface area (TPSA) is 81.5 Å². The minimum atomic E-state index is -1.07. The third-order valence-electron chi connectivity index (χ3n) is 3.80. The number of carbonyl (C=O) groups excluding carboxylic acids is 1. The van der Waals surface area contributed by atoms with E-state index in [1.807, 2.05) is 0 Å². The highest BCUT2D eigenvalue weighted by molar-refractivity contribution is 5.94. The summed E-state index contributed by atoms with van der Waals surface area (Å²) in [5.74, 6) is -0.940. The lowest BCUT2D eigenvalue weighted by Gasteiger charge is -2.29. The van der Waals surface area contributed by atoms with Gasteiger partial charge in [0.15, 0.2) is 0 Å². The molecular formula is C17H17FN2O4. The van der Waals surface area contributed by atoms with Crippen molar-refractivity contribution in [2.75, 3.05) is 13.7 Å². The number of nitro groups is 1. The molecule has 0 aliphatic rings. The molecular weight excluding hydrogens is 315 g/mol. The van der Waals surface area contributed by atoms with Crippen molar-refractivity contribution in [2.24, 2.45) is 0 Å². The third-order valence-corrected chi connectivity index (χ3v) is 3.80. The predicted octanol–water partition coefficient (Wildman–Crippen LogP) is 3.03. The molecule has 0 aromatic heterocycles. The minimum Gasteiger partial charge on any atom is -0.372 e. The van der Waals surface area contributed by atoms with Crippen LogP contribution in [0, 0.1) is 15.9 Å². The number of amides is 1. The Kier molecular flexibility index (Phi) is 5.25. The molecule has 2 aromatic carbocycles. The van der Waals surface area contributed by atoms with Gasteiger partial charge in [0.1, 0.15) is 11.4 Å². The standard InChI is InChI=1S/C17H17FN2O4/c1-17(24-2,14-8-3-4-9-15(14)18)11-19-16(21)12-6-5-7-13(10-12)20(22)23/h3-10H,11H2,1-2H3,(H,19,21). The van der Waals surface area contributed by atoms with Crippen LogP contribution in [0.25, 0.3) is 0 Å². The lowest BCUT2D eigenvalue weighted by molar-refractivity contribution is -0.384. The van der Waals surface area contributed by atoms with Crippen LogP contribution in [0.3, 0.4) is 0 Å². The SMILES string of the molecule is COC(C)(CNC(=O)c1cccc([N+](=O)[O-])c1)c1ccccc1F. The molecule has 126 valence electrons. The first kappa shape index (κ1) is 17.6. The Bertz CT molecular complexity index is 766. The molecule has 7 heteroatoms. The molecule has 0 aliphatic heterocycles. The minimum absolute atomic E-state index is 0.00591. The smallest absolute Gasteiger partial charge is 0.270 e. The summed E-state index contributed by atoms with van der Waals surface area (Å²) >= 11 is 0. The average molecular weight is 332 g/mol. The molecule has 2 rings (SSSR count). The van der Waals surface area contributed by atoms with Crippen molar-refractivity contribution in [3.8, 4) is 0 Å². The van der Waals surface area contributed by atoms with E-state index >= 15 is 0 Å². The second-order valence-corrected chi connectivity index (χ2v) is 5.40. The molecule has 0 spiro atoms. The number of nitrogens with zero attached hydrogens (tertiary/aromatic N) is 1. The maximum absolute atomic E-state index is 14.0. The molecule has 1 N–H and O–H groups in total. The number of nitro benzene ring substituents is 1. The van der Waals surface area contributed by atoms with E-state index in [2.05, 4.69) is 5.32 Å². The van der Waals surface area contributed by atoms with Crippen LogP contribution in [0.15, 0.2) is 48.5 Å². The molecule has 0 saturated heterocycles. The number of benzene rings is 2. The van der Waals surface area contributed by atoms with Gasteiger partial charge in [0.25, 0.3) is 11.6 Å². The first-order valence-electron chi connectivity index (χ1n) is 7.20. The summed E-state index contributed by atoms with van der Waals surface area (Å²) in [6.07, 6.45) is 0. The summed E-state index contributed by atoms with van der Waals surface area (Å²) in [6.45, 7) is 1.66. The van der Waals surface area contributed by atoms with Gasteiger partial charge in [-0.3, -0.25) is 14.9 Å². The van der Waals surface area contributed by atoms with Crippen LogP contribution in [0.4, 0.5) is 10.1 Å². The second-order valence-electron chi connectivity index (χ2n) is 5.40. The van der Waals surface area contributed by atoms with Gasteiger partial charge in [-0.2, -0.15) is 0 Å². The summed E-state index contributed by atoms with van der Waals surface area (Å²) < 4.78 is 19.4. The van der Waals surface area contributed by atoms with E-state index in [4.69, 9.17) is 4.74 Å². The van der Waals surface area contributed by atoms with Gasteiger partial charge in [-0.1, -0.05) is 24.3 Å². The van der Waals surface area contributed by atoms with Crippen molar-refractivity contribution in [2.45, 2.75) is 12.5 Å². The highest BCUT2D eigenvalue weighted by Crippen LogP contribution is 2.26. The van der Waals surface area contributed by atoms with Crippen molar-refractivity contribution in [1.82, 2.24) is 5.32 Å². The van der Waals surface area contributed by atoms with Gasteiger partial charge in [-0.15, -0.1) is 0 Å². The van der Waals surface area contributed by atoms with E-state index in [9.17, 15) is 19.3 Å². The van der Waals surface area contributed by atoms with Gasteiger partial charge < -0.3 is 10.1 Å². The van der Waals surface area contributed by atoms with Gasteiger partial charge in [0.05, 0.1) is 11.5 Å². The van der Waals surface area contributed by atoms with Gasteiger partial charge in [0, 0.05) is 30.4 Å². The third kappa shape index (κ3) is 3.75. The number of methoxy groups -OCH3 is 1. The van der Waals surface area contributed by atoms with Crippen molar-refractivity contribution in [3.05, 3.63) is 75.6 Å². The number of halogens is 1. The van der Waals surface area contributed by atoms with Crippen LogP contribution in [-0.2, 0) is 10.3 Å². The molecule has 1 unspecified atom stereocenters. The highest BCUT2D eigenvalue weighted by atomic mass is 19.1. The number of carbonyl (C=O) groups is 1. The van der Waals surface area contributed by atoms with Crippen LogP contribution >= 0.6 is 0 Å². The van der Waals surface area contributed by atoms with Gasteiger partial charge in [-0.05, 0) is 19.1 Å². The molecule has 0 aliphatic carbocycles. The van der Waals surface area contributed by atoms with E-state index in [1.54, 1.807) is 25.1 Å². The fourth-order valence-electron chi connectivity index (χ4n) is 2.28. The summed E-state index contributed by atoms with van der Waals surface area (Å²) in [5, 5.41) is 13.4. The van der Waals surface area contributed by atoms with Crippen LogP contribution in [-0.4, -0.2) is 24.5 Å². The fraction of sp³-hybridized carbons (Fsp3) is 0.235. The highest BCUT2D eigenvalue weighted by Gasteiger charge is 2.30. The van der Waals surface area contributed by atoms with Gasteiger partial charge >= 0.3 is 0 Å². The Labute approximate surface area is 138 Å². The Morgan fingerprint density at radius 3 is 2.62 bits per heavy atom. The first-order valence-corrected chi connectivity index (χ1v) is 7.20. The second kappa shape index (κ2) is 7.18. The molecule has 2 aromatic rings. The van der Waals surface area contributed by atoms with E-state index in [1.165, 1.54) is 37.4 Å². The van der Waals surface area contributed by atoms with Crippen molar-refractivity contribution in [3.63, 3.8) is 0 Å². The zero-order chi connectivity index (χ0) is 17.7. The summed E-state index contributed by atoms with van der Waals surface area (Å²) in [6, 6.07) is 11.5. The Morgan fingerprint density at radius 2 is 2.00 bits per heavy atom.